The number of hydrogen-bond donors (Lipinski definition) is 0. The highest BCUT2D eigenvalue weighted by Crippen LogP contribution is 2.49. The van der Waals surface area contributed by atoms with Crippen LogP contribution < -0.4 is 0 Å². The predicted octanol–water partition coefficient (Wildman–Crippen LogP) is 5.05. The van der Waals surface area contributed by atoms with E-state index in [1.165, 1.54) is 0 Å². The van der Waals surface area contributed by atoms with Crippen molar-refractivity contribution in [1.29, 1.82) is 0 Å². The third-order valence-corrected chi connectivity index (χ3v) is 4.63. The van der Waals surface area contributed by atoms with E-state index in [2.05, 4.69) is 0 Å². The SMILES string of the molecule is CCC(C)(C)C(C)(CC(C)(C)C)C(=O)OCC(F)C(F)CF. The van der Waals surface area contributed by atoms with Crippen molar-refractivity contribution >= 4 is 5.97 Å². The molecule has 3 unspecified atom stereocenters. The first-order chi connectivity index (χ1) is 9.80. The number of ether oxygens (including phenoxy) is 1. The molecule has 0 bridgehead atoms. The summed E-state index contributed by atoms with van der Waals surface area (Å²) in [6, 6.07) is 0. The van der Waals surface area contributed by atoms with Gasteiger partial charge < -0.3 is 4.74 Å². The van der Waals surface area contributed by atoms with E-state index in [0.29, 0.717) is 6.42 Å². The van der Waals surface area contributed by atoms with Gasteiger partial charge in [0.15, 0.2) is 12.3 Å². The van der Waals surface area contributed by atoms with E-state index in [1.54, 1.807) is 6.92 Å². The summed E-state index contributed by atoms with van der Waals surface area (Å²) in [5.74, 6) is -0.553. The van der Waals surface area contributed by atoms with Gasteiger partial charge in [0.25, 0.3) is 0 Å². The molecule has 0 aliphatic rings. The molecule has 0 N–H and O–H groups in total. The molecule has 0 aromatic heterocycles. The van der Waals surface area contributed by atoms with Gasteiger partial charge in [0.05, 0.1) is 5.41 Å². The molecule has 0 amide bonds. The van der Waals surface area contributed by atoms with Crippen LogP contribution in [-0.4, -0.2) is 31.6 Å². The van der Waals surface area contributed by atoms with Crippen LogP contribution in [0.15, 0.2) is 0 Å². The molecule has 0 aromatic carbocycles. The fourth-order valence-electron chi connectivity index (χ4n) is 2.55. The molecule has 2 nitrogen and oxygen atoms in total. The van der Waals surface area contributed by atoms with Gasteiger partial charge in [0, 0.05) is 0 Å². The van der Waals surface area contributed by atoms with Crippen LogP contribution in [0.2, 0.25) is 0 Å². The predicted molar refractivity (Wildman–Crippen MR) is 83.0 cm³/mol. The van der Waals surface area contributed by atoms with Crippen LogP contribution in [0.4, 0.5) is 13.2 Å². The van der Waals surface area contributed by atoms with Gasteiger partial charge in [-0.1, -0.05) is 41.5 Å². The van der Waals surface area contributed by atoms with Crippen LogP contribution in [0.5, 0.6) is 0 Å². The van der Waals surface area contributed by atoms with Crippen LogP contribution in [0.3, 0.4) is 0 Å². The van der Waals surface area contributed by atoms with E-state index in [4.69, 9.17) is 4.74 Å². The highest BCUT2D eigenvalue weighted by atomic mass is 19.2. The topological polar surface area (TPSA) is 26.3 Å². The third-order valence-electron chi connectivity index (χ3n) is 4.63. The Morgan fingerprint density at radius 1 is 1.05 bits per heavy atom. The Hall–Kier alpha value is -0.740. The van der Waals surface area contributed by atoms with Crippen LogP contribution in [-0.2, 0) is 9.53 Å². The molecular formula is C17H31F3O2. The van der Waals surface area contributed by atoms with E-state index >= 15 is 0 Å². The zero-order chi connectivity index (χ0) is 17.8. The summed E-state index contributed by atoms with van der Waals surface area (Å²) in [6.07, 6.45) is -3.08. The number of carbonyl (C=O) groups excluding carboxylic acids is 1. The van der Waals surface area contributed by atoms with Crippen molar-refractivity contribution < 1.29 is 22.7 Å². The van der Waals surface area contributed by atoms with Crippen molar-refractivity contribution in [2.45, 2.75) is 73.7 Å². The average Bonchev–Trinajstić information content (AvgIpc) is 2.40. The first-order valence-electron chi connectivity index (χ1n) is 7.82. The first-order valence-corrected chi connectivity index (χ1v) is 7.82. The zero-order valence-corrected chi connectivity index (χ0v) is 14.9. The Balaban J connectivity index is 5.16. The molecule has 0 fully saturated rings. The van der Waals surface area contributed by atoms with Crippen molar-refractivity contribution in [3.63, 3.8) is 0 Å². The Morgan fingerprint density at radius 2 is 1.55 bits per heavy atom. The van der Waals surface area contributed by atoms with Gasteiger partial charge in [-0.25, -0.2) is 13.2 Å². The summed E-state index contributed by atoms with van der Waals surface area (Å²) in [5.41, 5.74) is -1.32. The molecule has 5 heteroatoms. The molecule has 0 spiro atoms. The van der Waals surface area contributed by atoms with Crippen molar-refractivity contribution in [1.82, 2.24) is 0 Å². The maximum Gasteiger partial charge on any atom is 0.312 e. The molecule has 0 saturated carbocycles. The zero-order valence-electron chi connectivity index (χ0n) is 14.9. The van der Waals surface area contributed by atoms with Gasteiger partial charge in [0.1, 0.15) is 13.3 Å². The molecule has 0 heterocycles. The van der Waals surface area contributed by atoms with Crippen LogP contribution in [0.1, 0.15) is 61.3 Å². The minimum Gasteiger partial charge on any atom is -0.462 e. The molecule has 22 heavy (non-hydrogen) atoms. The minimum atomic E-state index is -2.25. The Labute approximate surface area is 132 Å². The molecule has 0 radical (unpaired) electrons. The fourth-order valence-corrected chi connectivity index (χ4v) is 2.55. The number of rotatable bonds is 8. The lowest BCUT2D eigenvalue weighted by molar-refractivity contribution is -0.168. The number of alkyl halides is 3. The smallest absolute Gasteiger partial charge is 0.312 e. The number of esters is 1. The largest absolute Gasteiger partial charge is 0.462 e. The summed E-state index contributed by atoms with van der Waals surface area (Å²) in [4.78, 5) is 12.6. The quantitative estimate of drug-likeness (QED) is 0.584. The van der Waals surface area contributed by atoms with E-state index in [0.717, 1.165) is 6.42 Å². The van der Waals surface area contributed by atoms with Crippen molar-refractivity contribution in [3.05, 3.63) is 0 Å². The number of hydrogen-bond acceptors (Lipinski definition) is 2. The maximum atomic E-state index is 13.4. The van der Waals surface area contributed by atoms with Crippen molar-refractivity contribution in [3.8, 4) is 0 Å². The Morgan fingerprint density at radius 3 is 1.91 bits per heavy atom. The van der Waals surface area contributed by atoms with E-state index in [9.17, 15) is 18.0 Å². The van der Waals surface area contributed by atoms with Crippen molar-refractivity contribution in [2.75, 3.05) is 13.3 Å². The number of halogens is 3. The van der Waals surface area contributed by atoms with Crippen LogP contribution in [0.25, 0.3) is 0 Å². The normalized spacial score (nSPS) is 18.5. The maximum absolute atomic E-state index is 13.4. The van der Waals surface area contributed by atoms with Gasteiger partial charge >= 0.3 is 5.97 Å². The molecular weight excluding hydrogens is 293 g/mol. The second kappa shape index (κ2) is 7.69. The minimum absolute atomic E-state index is 0.128. The molecule has 132 valence electrons. The molecule has 0 aliphatic carbocycles. The molecule has 0 aromatic rings. The summed E-state index contributed by atoms with van der Waals surface area (Å²) >= 11 is 0. The second-order valence-electron chi connectivity index (χ2n) is 8.09. The lowest BCUT2D eigenvalue weighted by atomic mass is 9.59. The second-order valence-corrected chi connectivity index (χ2v) is 8.09. The van der Waals surface area contributed by atoms with Gasteiger partial charge in [-0.15, -0.1) is 0 Å². The highest BCUT2D eigenvalue weighted by Gasteiger charge is 2.49. The van der Waals surface area contributed by atoms with Gasteiger partial charge in [-0.2, -0.15) is 0 Å². The molecule has 0 rings (SSSR count). The monoisotopic (exact) mass is 324 g/mol. The summed E-state index contributed by atoms with van der Waals surface area (Å²) in [5, 5.41) is 0. The molecule has 3 atom stereocenters. The Bertz CT molecular complexity index is 363. The van der Waals surface area contributed by atoms with Gasteiger partial charge in [-0.3, -0.25) is 4.79 Å². The first kappa shape index (κ1) is 21.3. The lowest BCUT2D eigenvalue weighted by Gasteiger charge is -2.45. The lowest BCUT2D eigenvalue weighted by Crippen LogP contribution is -2.46. The highest BCUT2D eigenvalue weighted by molar-refractivity contribution is 5.77. The summed E-state index contributed by atoms with van der Waals surface area (Å²) in [6.45, 7) is 11.6. The van der Waals surface area contributed by atoms with Crippen LogP contribution >= 0.6 is 0 Å². The third kappa shape index (κ3) is 5.47. The van der Waals surface area contributed by atoms with Gasteiger partial charge in [0.2, 0.25) is 0 Å². The molecule has 0 saturated heterocycles. The summed E-state index contributed by atoms with van der Waals surface area (Å²) < 4.78 is 43.4. The van der Waals surface area contributed by atoms with Gasteiger partial charge in [-0.05, 0) is 30.6 Å². The number of carbonyl (C=O) groups is 1. The Kier molecular flexibility index (Phi) is 7.43. The fraction of sp³-hybridized carbons (Fsp3) is 0.941. The van der Waals surface area contributed by atoms with E-state index < -0.39 is 37.0 Å². The van der Waals surface area contributed by atoms with Crippen LogP contribution in [0, 0.1) is 16.2 Å². The van der Waals surface area contributed by atoms with E-state index in [1.807, 2.05) is 41.5 Å². The average molecular weight is 324 g/mol. The summed E-state index contributed by atoms with van der Waals surface area (Å²) in [7, 11) is 0. The standard InChI is InChI=1S/C17H31F3O2/c1-8-16(5,6)17(7,11-15(2,3)4)14(21)22-10-13(20)12(19)9-18/h12-13H,8-11H2,1-7H3. The molecule has 0 aliphatic heterocycles. The van der Waals surface area contributed by atoms with Crippen molar-refractivity contribution in [2.24, 2.45) is 16.2 Å². The van der Waals surface area contributed by atoms with E-state index in [-0.39, 0.29) is 10.8 Å².